The summed E-state index contributed by atoms with van der Waals surface area (Å²) in [5.74, 6) is 0.298. The molecule has 2 unspecified atom stereocenters. The fourth-order valence-electron chi connectivity index (χ4n) is 3.67. The molecule has 1 aromatic rings. The normalized spacial score (nSPS) is 18.8. The first kappa shape index (κ1) is 18.0. The van der Waals surface area contributed by atoms with Gasteiger partial charge in [-0.15, -0.1) is 0 Å². The van der Waals surface area contributed by atoms with Crippen LogP contribution in [0.5, 0.6) is 0 Å². The van der Waals surface area contributed by atoms with Gasteiger partial charge in [0.2, 0.25) is 0 Å². The molecule has 1 aliphatic rings. The largest absolute Gasteiger partial charge is 0.480 e. The smallest absolute Gasteiger partial charge is 0.320 e. The molecule has 0 radical (unpaired) electrons. The van der Waals surface area contributed by atoms with Crippen LogP contribution in [0.25, 0.3) is 0 Å². The van der Waals surface area contributed by atoms with Crippen LogP contribution in [0.1, 0.15) is 82.4 Å². The van der Waals surface area contributed by atoms with Gasteiger partial charge in [0.25, 0.3) is 0 Å². The fraction of sp³-hybridized carbons (Fsp3) is 0.650. The summed E-state index contributed by atoms with van der Waals surface area (Å²) in [6.07, 6.45) is 7.28. The molecule has 1 fully saturated rings. The van der Waals surface area contributed by atoms with E-state index < -0.39 is 12.0 Å². The lowest BCUT2D eigenvalue weighted by Crippen LogP contribution is -2.40. The molecule has 0 heterocycles. The Morgan fingerprint density at radius 1 is 1.17 bits per heavy atom. The molecule has 23 heavy (non-hydrogen) atoms. The molecular formula is C20H31NO2. The number of hydrogen-bond acceptors (Lipinski definition) is 2. The minimum absolute atomic E-state index is 0.0801. The Kier molecular flexibility index (Phi) is 6.64. The van der Waals surface area contributed by atoms with E-state index in [1.54, 1.807) is 0 Å². The summed E-state index contributed by atoms with van der Waals surface area (Å²) in [5.41, 5.74) is 2.64. The van der Waals surface area contributed by atoms with Crippen molar-refractivity contribution >= 4 is 5.97 Å². The van der Waals surface area contributed by atoms with Crippen LogP contribution in [0.3, 0.4) is 0 Å². The van der Waals surface area contributed by atoms with Crippen LogP contribution < -0.4 is 5.32 Å². The third-order valence-electron chi connectivity index (χ3n) is 5.13. The first-order valence-electron chi connectivity index (χ1n) is 9.11. The van der Waals surface area contributed by atoms with Crippen molar-refractivity contribution in [3.63, 3.8) is 0 Å². The van der Waals surface area contributed by atoms with Crippen molar-refractivity contribution < 1.29 is 9.90 Å². The Hall–Kier alpha value is -1.35. The Morgan fingerprint density at radius 3 is 2.26 bits per heavy atom. The van der Waals surface area contributed by atoms with Gasteiger partial charge in [-0.3, -0.25) is 10.1 Å². The van der Waals surface area contributed by atoms with Gasteiger partial charge >= 0.3 is 5.97 Å². The topological polar surface area (TPSA) is 49.3 Å². The van der Waals surface area contributed by atoms with Crippen molar-refractivity contribution in [3.05, 3.63) is 35.4 Å². The summed E-state index contributed by atoms with van der Waals surface area (Å²) in [6, 6.07) is 8.48. The molecule has 0 aromatic heterocycles. The second kappa shape index (κ2) is 8.49. The number of benzene rings is 1. The molecule has 2 atom stereocenters. The minimum atomic E-state index is -0.767. The highest BCUT2D eigenvalue weighted by Crippen LogP contribution is 2.33. The first-order chi connectivity index (χ1) is 11.0. The molecule has 2 rings (SSSR count). The molecule has 1 saturated carbocycles. The molecule has 0 bridgehead atoms. The monoisotopic (exact) mass is 317 g/mol. The quantitative estimate of drug-likeness (QED) is 0.753. The van der Waals surface area contributed by atoms with Crippen LogP contribution >= 0.6 is 0 Å². The number of carboxylic acid groups (broad SMARTS) is 1. The highest BCUT2D eigenvalue weighted by molar-refractivity contribution is 5.73. The zero-order valence-electron chi connectivity index (χ0n) is 14.7. The number of carboxylic acids is 1. The highest BCUT2D eigenvalue weighted by atomic mass is 16.4. The summed E-state index contributed by atoms with van der Waals surface area (Å²) >= 11 is 0. The summed E-state index contributed by atoms with van der Waals surface area (Å²) in [7, 11) is 0. The van der Waals surface area contributed by atoms with Crippen molar-refractivity contribution in [2.75, 3.05) is 0 Å². The van der Waals surface area contributed by atoms with Gasteiger partial charge in [0.15, 0.2) is 0 Å². The highest BCUT2D eigenvalue weighted by Gasteiger charge is 2.23. The summed E-state index contributed by atoms with van der Waals surface area (Å²) in [5, 5.41) is 12.6. The van der Waals surface area contributed by atoms with E-state index in [0.29, 0.717) is 18.3 Å². The Bertz CT molecular complexity index is 489. The van der Waals surface area contributed by atoms with E-state index in [2.05, 4.69) is 43.4 Å². The van der Waals surface area contributed by atoms with Crippen LogP contribution in [-0.4, -0.2) is 17.1 Å². The van der Waals surface area contributed by atoms with Gasteiger partial charge in [-0.25, -0.2) is 0 Å². The van der Waals surface area contributed by atoms with E-state index in [4.69, 9.17) is 0 Å². The van der Waals surface area contributed by atoms with Gasteiger partial charge in [-0.1, -0.05) is 64.3 Å². The fourth-order valence-corrected chi connectivity index (χ4v) is 3.67. The van der Waals surface area contributed by atoms with E-state index >= 15 is 0 Å². The number of nitrogens with one attached hydrogen (secondary N) is 1. The van der Waals surface area contributed by atoms with Crippen LogP contribution in [0, 0.1) is 5.92 Å². The number of rotatable bonds is 7. The minimum Gasteiger partial charge on any atom is -0.480 e. The molecule has 1 aromatic carbocycles. The Morgan fingerprint density at radius 2 is 1.78 bits per heavy atom. The maximum atomic E-state index is 11.3. The van der Waals surface area contributed by atoms with E-state index in [1.807, 2.05) is 6.92 Å². The van der Waals surface area contributed by atoms with Gasteiger partial charge in [-0.05, 0) is 42.2 Å². The van der Waals surface area contributed by atoms with E-state index in [9.17, 15) is 9.90 Å². The molecule has 0 aliphatic heterocycles. The van der Waals surface area contributed by atoms with E-state index in [-0.39, 0.29) is 6.04 Å². The van der Waals surface area contributed by atoms with Gasteiger partial charge in [0, 0.05) is 6.04 Å². The van der Waals surface area contributed by atoms with Gasteiger partial charge < -0.3 is 5.11 Å². The predicted octanol–water partition coefficient (Wildman–Crippen LogP) is 4.88. The lowest BCUT2D eigenvalue weighted by molar-refractivity contribution is -0.139. The maximum absolute atomic E-state index is 11.3. The molecular weight excluding hydrogens is 286 g/mol. The zero-order chi connectivity index (χ0) is 16.8. The molecule has 128 valence electrons. The second-order valence-corrected chi connectivity index (χ2v) is 7.19. The molecule has 0 saturated heterocycles. The lowest BCUT2D eigenvalue weighted by atomic mass is 9.83. The van der Waals surface area contributed by atoms with Gasteiger partial charge in [0.05, 0.1) is 0 Å². The van der Waals surface area contributed by atoms with E-state index in [1.165, 1.54) is 43.2 Å². The third-order valence-corrected chi connectivity index (χ3v) is 5.13. The zero-order valence-corrected chi connectivity index (χ0v) is 14.7. The summed E-state index contributed by atoms with van der Waals surface area (Å²) < 4.78 is 0. The van der Waals surface area contributed by atoms with Gasteiger partial charge in [0.1, 0.15) is 6.04 Å². The molecule has 3 nitrogen and oxygen atoms in total. The average Bonchev–Trinajstić information content (AvgIpc) is 2.56. The van der Waals surface area contributed by atoms with Gasteiger partial charge in [-0.2, -0.15) is 0 Å². The number of carbonyl (C=O) groups is 1. The van der Waals surface area contributed by atoms with Crippen LogP contribution in [-0.2, 0) is 4.79 Å². The number of hydrogen-bond donors (Lipinski definition) is 2. The van der Waals surface area contributed by atoms with Crippen LogP contribution in [0.2, 0.25) is 0 Å². The second-order valence-electron chi connectivity index (χ2n) is 7.19. The Labute approximate surface area is 140 Å². The van der Waals surface area contributed by atoms with Crippen LogP contribution in [0.4, 0.5) is 0 Å². The average molecular weight is 317 g/mol. The standard InChI is InChI=1S/C20H31NO2/c1-4-18(20(22)23)21-19(14(2)3)17-12-10-16(11-13-17)15-8-6-5-7-9-15/h10-15,18-19,21H,4-9H2,1-3H3,(H,22,23). The molecule has 1 aliphatic carbocycles. The third kappa shape index (κ3) is 4.81. The van der Waals surface area contributed by atoms with Crippen molar-refractivity contribution in [1.82, 2.24) is 5.32 Å². The SMILES string of the molecule is CCC(NC(c1ccc(C2CCCCC2)cc1)C(C)C)C(=O)O. The summed E-state index contributed by atoms with van der Waals surface area (Å²) in [4.78, 5) is 11.3. The van der Waals surface area contributed by atoms with Crippen molar-refractivity contribution in [1.29, 1.82) is 0 Å². The van der Waals surface area contributed by atoms with Crippen molar-refractivity contribution in [2.45, 2.75) is 77.3 Å². The summed E-state index contributed by atoms with van der Waals surface area (Å²) in [6.45, 7) is 6.19. The van der Waals surface area contributed by atoms with Crippen molar-refractivity contribution in [2.24, 2.45) is 5.92 Å². The number of aliphatic carboxylic acids is 1. The molecule has 0 amide bonds. The molecule has 0 spiro atoms. The molecule has 3 heteroatoms. The lowest BCUT2D eigenvalue weighted by Gasteiger charge is -2.27. The first-order valence-corrected chi connectivity index (χ1v) is 9.11. The Balaban J connectivity index is 2.11. The van der Waals surface area contributed by atoms with E-state index in [0.717, 1.165) is 0 Å². The van der Waals surface area contributed by atoms with Crippen LogP contribution in [0.15, 0.2) is 24.3 Å². The predicted molar refractivity (Wildman–Crippen MR) is 94.7 cm³/mol. The van der Waals surface area contributed by atoms with Crippen molar-refractivity contribution in [3.8, 4) is 0 Å². The maximum Gasteiger partial charge on any atom is 0.320 e. The molecule has 2 N–H and O–H groups in total.